The number of carbonyl (C=O) groups is 1. The first-order chi connectivity index (χ1) is 8.24. The first-order valence-corrected chi connectivity index (χ1v) is 6.07. The molecule has 2 rings (SSSR count). The van der Waals surface area contributed by atoms with Crippen LogP contribution in [0.1, 0.15) is 25.0 Å². The van der Waals surface area contributed by atoms with Crippen LogP contribution in [0.3, 0.4) is 0 Å². The lowest BCUT2D eigenvalue weighted by atomic mass is 10.2. The Bertz CT molecular complexity index is 371. The molecule has 1 fully saturated rings. The fourth-order valence-corrected chi connectivity index (χ4v) is 2.05. The zero-order chi connectivity index (χ0) is 12.1. The van der Waals surface area contributed by atoms with Crippen molar-refractivity contribution in [1.29, 1.82) is 0 Å². The highest BCUT2D eigenvalue weighted by Crippen LogP contribution is 2.07. The van der Waals surface area contributed by atoms with Crippen molar-refractivity contribution in [3.05, 3.63) is 11.9 Å². The van der Waals surface area contributed by atoms with Crippen LogP contribution in [0, 0.1) is 0 Å². The summed E-state index contributed by atoms with van der Waals surface area (Å²) in [6.45, 7) is 4.20. The maximum atomic E-state index is 10.4. The first kappa shape index (κ1) is 12.0. The molecule has 0 aliphatic carbocycles. The summed E-state index contributed by atoms with van der Waals surface area (Å²) >= 11 is 0. The molecule has 0 amide bonds. The average Bonchev–Trinajstić information content (AvgIpc) is 2.95. The summed E-state index contributed by atoms with van der Waals surface area (Å²) < 4.78 is 1.80. The van der Waals surface area contributed by atoms with Gasteiger partial charge < -0.3 is 10.0 Å². The van der Waals surface area contributed by atoms with Gasteiger partial charge in [0.2, 0.25) is 0 Å². The van der Waals surface area contributed by atoms with Crippen molar-refractivity contribution in [2.75, 3.05) is 19.6 Å². The second-order valence-electron chi connectivity index (χ2n) is 4.42. The Kier molecular flexibility index (Phi) is 4.08. The smallest absolute Gasteiger partial charge is 0.303 e. The zero-order valence-corrected chi connectivity index (χ0v) is 9.88. The van der Waals surface area contributed by atoms with E-state index >= 15 is 0 Å². The predicted octanol–water partition coefficient (Wildman–Crippen LogP) is 0.391. The quantitative estimate of drug-likeness (QED) is 0.776. The fraction of sp³-hybridized carbons (Fsp3) is 0.727. The Labute approximate surface area is 100 Å². The van der Waals surface area contributed by atoms with E-state index in [-0.39, 0.29) is 6.42 Å². The molecule has 2 heterocycles. The molecule has 0 saturated carbocycles. The molecule has 6 nitrogen and oxygen atoms in total. The molecule has 0 radical (unpaired) electrons. The lowest BCUT2D eigenvalue weighted by Gasteiger charge is -2.13. The molecule has 0 spiro atoms. The van der Waals surface area contributed by atoms with Gasteiger partial charge in [0.05, 0.1) is 18.7 Å². The molecule has 6 heteroatoms. The van der Waals surface area contributed by atoms with Gasteiger partial charge in [0.25, 0.3) is 0 Å². The summed E-state index contributed by atoms with van der Waals surface area (Å²) in [5.74, 6) is -0.795. The third-order valence-electron chi connectivity index (χ3n) is 3.03. The summed E-state index contributed by atoms with van der Waals surface area (Å²) in [6.07, 6.45) is 5.01. The van der Waals surface area contributed by atoms with Gasteiger partial charge in [-0.05, 0) is 25.9 Å². The molecule has 94 valence electrons. The summed E-state index contributed by atoms with van der Waals surface area (Å²) in [5.41, 5.74) is 0.758. The molecule has 0 atom stereocenters. The van der Waals surface area contributed by atoms with Gasteiger partial charge in [0.1, 0.15) is 0 Å². The topological polar surface area (TPSA) is 71.2 Å². The van der Waals surface area contributed by atoms with E-state index in [0.29, 0.717) is 6.42 Å². The van der Waals surface area contributed by atoms with E-state index < -0.39 is 5.97 Å². The van der Waals surface area contributed by atoms with Gasteiger partial charge in [0.15, 0.2) is 0 Å². The normalized spacial score (nSPS) is 16.5. The van der Waals surface area contributed by atoms with Gasteiger partial charge in [-0.3, -0.25) is 9.48 Å². The van der Waals surface area contributed by atoms with Crippen LogP contribution in [-0.4, -0.2) is 50.6 Å². The lowest BCUT2D eigenvalue weighted by Crippen LogP contribution is -2.24. The summed E-state index contributed by atoms with van der Waals surface area (Å²) in [6, 6.07) is 0. The van der Waals surface area contributed by atoms with E-state index in [4.69, 9.17) is 5.11 Å². The molecule has 1 aromatic heterocycles. The highest BCUT2D eigenvalue weighted by Gasteiger charge is 2.11. The van der Waals surface area contributed by atoms with E-state index in [9.17, 15) is 4.79 Å². The molecule has 1 N–H and O–H groups in total. The molecule has 17 heavy (non-hydrogen) atoms. The Morgan fingerprint density at radius 2 is 2.12 bits per heavy atom. The molecule has 1 saturated heterocycles. The minimum absolute atomic E-state index is 0.116. The molecule has 1 aromatic rings. The van der Waals surface area contributed by atoms with Crippen LogP contribution < -0.4 is 0 Å². The highest BCUT2D eigenvalue weighted by atomic mass is 16.4. The monoisotopic (exact) mass is 238 g/mol. The van der Waals surface area contributed by atoms with Crippen LogP contribution >= 0.6 is 0 Å². The van der Waals surface area contributed by atoms with E-state index in [2.05, 4.69) is 15.2 Å². The number of carboxylic acid groups (broad SMARTS) is 1. The average molecular weight is 238 g/mol. The van der Waals surface area contributed by atoms with Gasteiger partial charge in [0, 0.05) is 19.2 Å². The van der Waals surface area contributed by atoms with E-state index in [0.717, 1.165) is 18.8 Å². The van der Waals surface area contributed by atoms with Gasteiger partial charge in [-0.25, -0.2) is 0 Å². The fourth-order valence-electron chi connectivity index (χ4n) is 2.05. The SMILES string of the molecule is O=C(O)CCc1cn(CCN2CCCC2)nn1. The van der Waals surface area contributed by atoms with Crippen LogP contribution in [-0.2, 0) is 17.8 Å². The Hall–Kier alpha value is -1.43. The largest absolute Gasteiger partial charge is 0.481 e. The number of aryl methyl sites for hydroxylation is 1. The highest BCUT2D eigenvalue weighted by molar-refractivity contribution is 5.66. The predicted molar refractivity (Wildman–Crippen MR) is 61.7 cm³/mol. The van der Waals surface area contributed by atoms with Gasteiger partial charge in [-0.15, -0.1) is 5.10 Å². The minimum atomic E-state index is -0.795. The molecule has 0 bridgehead atoms. The molecule has 1 aliphatic heterocycles. The van der Waals surface area contributed by atoms with Crippen LogP contribution in [0.15, 0.2) is 6.20 Å². The number of nitrogens with zero attached hydrogens (tertiary/aromatic N) is 4. The first-order valence-electron chi connectivity index (χ1n) is 6.07. The number of hydrogen-bond acceptors (Lipinski definition) is 4. The Morgan fingerprint density at radius 3 is 2.82 bits per heavy atom. The number of hydrogen-bond donors (Lipinski definition) is 1. The van der Waals surface area contributed by atoms with E-state index in [1.807, 2.05) is 6.20 Å². The van der Waals surface area contributed by atoms with Crippen molar-refractivity contribution in [3.63, 3.8) is 0 Å². The standard InChI is InChI=1S/C11H18N4O2/c16-11(17)4-3-10-9-15(13-12-10)8-7-14-5-1-2-6-14/h9H,1-8H2,(H,16,17). The number of carboxylic acids is 1. The third kappa shape index (κ3) is 3.81. The number of aliphatic carboxylic acids is 1. The van der Waals surface area contributed by atoms with Crippen molar-refractivity contribution in [2.45, 2.75) is 32.2 Å². The molecular formula is C11H18N4O2. The second kappa shape index (κ2) is 5.77. The number of likely N-dealkylation sites (tertiary alicyclic amines) is 1. The number of rotatable bonds is 6. The maximum Gasteiger partial charge on any atom is 0.303 e. The summed E-state index contributed by atoms with van der Waals surface area (Å²) in [4.78, 5) is 12.8. The Balaban J connectivity index is 1.75. The molecule has 0 unspecified atom stereocenters. The molecule has 1 aliphatic rings. The van der Waals surface area contributed by atoms with Gasteiger partial charge in [-0.2, -0.15) is 0 Å². The maximum absolute atomic E-state index is 10.4. The van der Waals surface area contributed by atoms with Gasteiger partial charge in [-0.1, -0.05) is 5.21 Å². The van der Waals surface area contributed by atoms with Crippen molar-refractivity contribution in [1.82, 2.24) is 19.9 Å². The van der Waals surface area contributed by atoms with Crippen molar-refractivity contribution >= 4 is 5.97 Å². The molecule has 0 aromatic carbocycles. The summed E-state index contributed by atoms with van der Waals surface area (Å²) in [5, 5.41) is 16.5. The van der Waals surface area contributed by atoms with Crippen LogP contribution in [0.5, 0.6) is 0 Å². The molecular weight excluding hydrogens is 220 g/mol. The second-order valence-corrected chi connectivity index (χ2v) is 4.42. The summed E-state index contributed by atoms with van der Waals surface area (Å²) in [7, 11) is 0. The van der Waals surface area contributed by atoms with E-state index in [1.54, 1.807) is 4.68 Å². The van der Waals surface area contributed by atoms with Crippen LogP contribution in [0.2, 0.25) is 0 Å². The van der Waals surface area contributed by atoms with Crippen molar-refractivity contribution < 1.29 is 9.90 Å². The number of aromatic nitrogens is 3. The van der Waals surface area contributed by atoms with Gasteiger partial charge >= 0.3 is 5.97 Å². The Morgan fingerprint density at radius 1 is 1.35 bits per heavy atom. The third-order valence-corrected chi connectivity index (χ3v) is 3.03. The minimum Gasteiger partial charge on any atom is -0.481 e. The zero-order valence-electron chi connectivity index (χ0n) is 9.88. The van der Waals surface area contributed by atoms with Crippen LogP contribution in [0.25, 0.3) is 0 Å². The lowest BCUT2D eigenvalue weighted by molar-refractivity contribution is -0.136. The van der Waals surface area contributed by atoms with Crippen molar-refractivity contribution in [3.8, 4) is 0 Å². The van der Waals surface area contributed by atoms with Crippen molar-refractivity contribution in [2.24, 2.45) is 0 Å². The van der Waals surface area contributed by atoms with Crippen LogP contribution in [0.4, 0.5) is 0 Å². The van der Waals surface area contributed by atoms with E-state index in [1.165, 1.54) is 25.9 Å².